The van der Waals surface area contributed by atoms with Gasteiger partial charge in [0.2, 0.25) is 0 Å². The molecule has 2 aromatic carbocycles. The van der Waals surface area contributed by atoms with Crippen molar-refractivity contribution in [3.63, 3.8) is 0 Å². The first-order valence-corrected chi connectivity index (χ1v) is 9.19. The number of carbonyl (C=O) groups is 1. The Morgan fingerprint density at radius 3 is 2.61 bits per heavy atom. The summed E-state index contributed by atoms with van der Waals surface area (Å²) >= 11 is 0. The summed E-state index contributed by atoms with van der Waals surface area (Å²) in [5.41, 5.74) is 2.64. The molecule has 0 bridgehead atoms. The molecule has 0 spiro atoms. The van der Waals surface area contributed by atoms with Gasteiger partial charge in [-0.15, -0.1) is 0 Å². The molecule has 4 rings (SSSR count). The predicted octanol–water partition coefficient (Wildman–Crippen LogP) is 5.02. The van der Waals surface area contributed by atoms with E-state index in [-0.39, 0.29) is 17.3 Å². The molecule has 0 aromatic heterocycles. The summed E-state index contributed by atoms with van der Waals surface area (Å²) in [6.45, 7) is 3.16. The molecule has 1 saturated heterocycles. The zero-order chi connectivity index (χ0) is 19.9. The van der Waals surface area contributed by atoms with Gasteiger partial charge >= 0.3 is 6.18 Å². The second-order valence-electron chi connectivity index (χ2n) is 7.08. The van der Waals surface area contributed by atoms with E-state index in [0.29, 0.717) is 24.4 Å². The van der Waals surface area contributed by atoms with Crippen LogP contribution in [-0.4, -0.2) is 19.0 Å². The first kappa shape index (κ1) is 18.4. The highest BCUT2D eigenvalue weighted by atomic mass is 19.4. The van der Waals surface area contributed by atoms with Crippen LogP contribution in [0, 0.1) is 6.92 Å². The van der Waals surface area contributed by atoms with Crippen molar-refractivity contribution >= 4 is 28.5 Å². The van der Waals surface area contributed by atoms with E-state index < -0.39 is 11.7 Å². The highest BCUT2D eigenvalue weighted by molar-refractivity contribution is 6.32. The molecule has 1 fully saturated rings. The van der Waals surface area contributed by atoms with Crippen molar-refractivity contribution < 1.29 is 18.0 Å². The molecule has 7 heteroatoms. The number of benzene rings is 2. The van der Waals surface area contributed by atoms with Gasteiger partial charge in [0.1, 0.15) is 0 Å². The first-order valence-electron chi connectivity index (χ1n) is 9.19. The Balaban J connectivity index is 1.66. The van der Waals surface area contributed by atoms with E-state index in [0.717, 1.165) is 30.0 Å². The van der Waals surface area contributed by atoms with Crippen molar-refractivity contribution in [2.45, 2.75) is 25.9 Å². The van der Waals surface area contributed by atoms with Gasteiger partial charge in [0.15, 0.2) is 0 Å². The summed E-state index contributed by atoms with van der Waals surface area (Å²) in [5, 5.41) is 5.65. The summed E-state index contributed by atoms with van der Waals surface area (Å²) in [4.78, 5) is 14.0. The van der Waals surface area contributed by atoms with Crippen LogP contribution in [0.4, 0.5) is 30.2 Å². The monoisotopic (exact) mass is 387 g/mol. The molecule has 0 radical (unpaired) electrons. The van der Waals surface area contributed by atoms with Crippen LogP contribution in [0.2, 0.25) is 0 Å². The molecule has 2 aliphatic heterocycles. The fourth-order valence-electron chi connectivity index (χ4n) is 3.81. The Kier molecular flexibility index (Phi) is 4.53. The number of anilines is 3. The van der Waals surface area contributed by atoms with Gasteiger partial charge in [-0.05, 0) is 49.6 Å². The lowest BCUT2D eigenvalue weighted by Gasteiger charge is -2.23. The molecule has 28 heavy (non-hydrogen) atoms. The molecular weight excluding hydrogens is 367 g/mol. The normalized spacial score (nSPS) is 17.8. The zero-order valence-corrected chi connectivity index (χ0v) is 15.4. The van der Waals surface area contributed by atoms with Crippen molar-refractivity contribution in [3.05, 3.63) is 59.3 Å². The van der Waals surface area contributed by atoms with Gasteiger partial charge in [0.05, 0.1) is 11.1 Å². The second-order valence-corrected chi connectivity index (χ2v) is 7.08. The lowest BCUT2D eigenvalue weighted by molar-refractivity contribution is -0.137. The molecule has 146 valence electrons. The number of halogens is 3. The van der Waals surface area contributed by atoms with Crippen molar-refractivity contribution in [1.29, 1.82) is 0 Å². The van der Waals surface area contributed by atoms with Crippen LogP contribution in [-0.2, 0) is 11.0 Å². The minimum atomic E-state index is -4.45. The average Bonchev–Trinajstić information content (AvgIpc) is 3.27. The summed E-state index contributed by atoms with van der Waals surface area (Å²) in [6.07, 6.45) is -1.18. The highest BCUT2D eigenvalue weighted by Gasteiger charge is 2.35. The van der Waals surface area contributed by atoms with E-state index in [1.165, 1.54) is 12.3 Å². The molecule has 0 aliphatic carbocycles. The van der Waals surface area contributed by atoms with Gasteiger partial charge < -0.3 is 15.5 Å². The van der Waals surface area contributed by atoms with Gasteiger partial charge in [-0.25, -0.2) is 0 Å². The number of nitrogens with one attached hydrogen (secondary N) is 2. The molecule has 2 heterocycles. The van der Waals surface area contributed by atoms with Gasteiger partial charge in [-0.1, -0.05) is 12.1 Å². The summed E-state index contributed by atoms with van der Waals surface area (Å²) in [7, 11) is 0. The van der Waals surface area contributed by atoms with E-state index in [1.807, 2.05) is 19.1 Å². The molecule has 4 nitrogen and oxygen atoms in total. The average molecular weight is 387 g/mol. The Morgan fingerprint density at radius 1 is 1.14 bits per heavy atom. The van der Waals surface area contributed by atoms with Crippen LogP contribution in [0.5, 0.6) is 0 Å². The Labute approximate surface area is 161 Å². The zero-order valence-electron chi connectivity index (χ0n) is 15.4. The third-order valence-electron chi connectivity index (χ3n) is 5.17. The number of rotatable bonds is 3. The second kappa shape index (κ2) is 6.89. The topological polar surface area (TPSA) is 44.4 Å². The summed E-state index contributed by atoms with van der Waals surface area (Å²) in [5.74, 6) is -0.276. The fourth-order valence-corrected chi connectivity index (χ4v) is 3.81. The minimum Gasteiger partial charge on any atom is -0.371 e. The quantitative estimate of drug-likeness (QED) is 0.727. The third-order valence-corrected chi connectivity index (χ3v) is 5.17. The van der Waals surface area contributed by atoms with Crippen molar-refractivity contribution in [2.24, 2.45) is 0 Å². The molecule has 0 atom stereocenters. The van der Waals surface area contributed by atoms with Crippen LogP contribution in [0.1, 0.15) is 29.5 Å². The maximum absolute atomic E-state index is 13.6. The highest BCUT2D eigenvalue weighted by Crippen LogP contribution is 2.40. The van der Waals surface area contributed by atoms with Crippen LogP contribution in [0.3, 0.4) is 0 Å². The number of aryl methyl sites for hydroxylation is 1. The predicted molar refractivity (Wildman–Crippen MR) is 104 cm³/mol. The summed E-state index contributed by atoms with van der Waals surface area (Å²) in [6, 6.07) is 9.76. The Bertz CT molecular complexity index is 960. The van der Waals surface area contributed by atoms with E-state index in [2.05, 4.69) is 10.6 Å². The minimum absolute atomic E-state index is 0.211. The number of hydrogen-bond acceptors (Lipinski definition) is 3. The van der Waals surface area contributed by atoms with Crippen molar-refractivity contribution in [1.82, 2.24) is 0 Å². The van der Waals surface area contributed by atoms with Crippen molar-refractivity contribution in [3.8, 4) is 0 Å². The van der Waals surface area contributed by atoms with Crippen molar-refractivity contribution in [2.75, 3.05) is 28.6 Å². The largest absolute Gasteiger partial charge is 0.418 e. The lowest BCUT2D eigenvalue weighted by atomic mass is 10.0. The van der Waals surface area contributed by atoms with Crippen LogP contribution in [0.25, 0.3) is 5.57 Å². The standard InChI is InChI=1S/C21H20F3N3O/c1-13-5-4-6-17-19(13)15(20(28)26-17)12-25-14-7-8-18(27-9-2-3-10-27)16(11-14)21(22,23)24/h4-8,11-12,25H,2-3,9-10H2,1H3,(H,26,28). The number of alkyl halides is 3. The van der Waals surface area contributed by atoms with E-state index >= 15 is 0 Å². The maximum atomic E-state index is 13.6. The number of amides is 1. The fraction of sp³-hybridized carbons (Fsp3) is 0.286. The number of fused-ring (bicyclic) bond motifs is 1. The van der Waals surface area contributed by atoms with Gasteiger partial charge in [0.25, 0.3) is 5.91 Å². The molecule has 2 aliphatic rings. The van der Waals surface area contributed by atoms with Crippen LogP contribution < -0.4 is 15.5 Å². The SMILES string of the molecule is Cc1cccc2c1C(=CNc1ccc(N3CCCC3)c(C(F)(F)F)c1)C(=O)N2. The Hall–Kier alpha value is -2.96. The van der Waals surface area contributed by atoms with E-state index in [1.54, 1.807) is 17.0 Å². The molecule has 2 N–H and O–H groups in total. The lowest BCUT2D eigenvalue weighted by Crippen LogP contribution is -2.22. The molecule has 0 unspecified atom stereocenters. The smallest absolute Gasteiger partial charge is 0.371 e. The number of hydrogen-bond donors (Lipinski definition) is 2. The van der Waals surface area contributed by atoms with Crippen LogP contribution >= 0.6 is 0 Å². The van der Waals surface area contributed by atoms with E-state index in [9.17, 15) is 18.0 Å². The van der Waals surface area contributed by atoms with E-state index in [4.69, 9.17) is 0 Å². The molecular formula is C21H20F3N3O. The first-order chi connectivity index (χ1) is 13.3. The van der Waals surface area contributed by atoms with Gasteiger partial charge in [0, 0.05) is 41.9 Å². The van der Waals surface area contributed by atoms with Gasteiger partial charge in [-0.2, -0.15) is 13.2 Å². The maximum Gasteiger partial charge on any atom is 0.418 e. The number of carbonyl (C=O) groups excluding carboxylic acids is 1. The molecule has 2 aromatic rings. The van der Waals surface area contributed by atoms with Crippen LogP contribution in [0.15, 0.2) is 42.6 Å². The number of nitrogens with zero attached hydrogens (tertiary/aromatic N) is 1. The summed E-state index contributed by atoms with van der Waals surface area (Å²) < 4.78 is 40.8. The third kappa shape index (κ3) is 3.32. The molecule has 1 amide bonds. The van der Waals surface area contributed by atoms with Gasteiger partial charge in [-0.3, -0.25) is 4.79 Å². The molecule has 0 saturated carbocycles. The Morgan fingerprint density at radius 2 is 1.89 bits per heavy atom.